The first-order valence-electron chi connectivity index (χ1n) is 8.67. The molecule has 0 unspecified atom stereocenters. The van der Waals surface area contributed by atoms with Gasteiger partial charge in [-0.05, 0) is 12.5 Å². The van der Waals surface area contributed by atoms with E-state index in [2.05, 4.69) is 13.5 Å². The number of nitrogens with zero attached hydrogens (tertiary/aromatic N) is 2. The smallest absolute Gasteiger partial charge is 0.297 e. The molecular formula is C19H24N2O5. The molecule has 0 fully saturated rings. The van der Waals surface area contributed by atoms with Crippen LogP contribution in [0.25, 0.3) is 10.9 Å². The molecule has 7 nitrogen and oxygen atoms in total. The minimum Gasteiger partial charge on any atom is -0.492 e. The Morgan fingerprint density at radius 2 is 2.04 bits per heavy atom. The van der Waals surface area contributed by atoms with Crippen LogP contribution in [0.2, 0.25) is 0 Å². The van der Waals surface area contributed by atoms with Gasteiger partial charge >= 0.3 is 0 Å². The Labute approximate surface area is 152 Å². The van der Waals surface area contributed by atoms with E-state index in [1.54, 1.807) is 16.7 Å². The van der Waals surface area contributed by atoms with Crippen molar-refractivity contribution in [1.82, 2.24) is 4.57 Å². The van der Waals surface area contributed by atoms with Crippen molar-refractivity contribution in [3.63, 3.8) is 0 Å². The highest BCUT2D eigenvalue weighted by Gasteiger charge is 2.20. The second kappa shape index (κ2) is 9.03. The number of nitro benzene ring substituents is 1. The number of methoxy groups -OCH3 is 1. The first-order chi connectivity index (χ1) is 12.5. The fourth-order valence-electron chi connectivity index (χ4n) is 2.89. The van der Waals surface area contributed by atoms with Crippen molar-refractivity contribution >= 4 is 16.6 Å². The average Bonchev–Trinajstić information content (AvgIpc) is 2.64. The number of fused-ring (bicyclic) bond motifs is 1. The van der Waals surface area contributed by atoms with Crippen LogP contribution in [0.4, 0.5) is 5.69 Å². The van der Waals surface area contributed by atoms with Crippen molar-refractivity contribution in [2.75, 3.05) is 13.7 Å². The maximum absolute atomic E-state index is 13.0. The molecule has 1 aromatic carbocycles. The Bertz CT molecular complexity index is 857. The number of pyridine rings is 1. The Hall–Kier alpha value is -2.83. The highest BCUT2D eigenvalue weighted by atomic mass is 16.6. The molecule has 0 aliphatic carbocycles. The van der Waals surface area contributed by atoms with E-state index in [1.165, 1.54) is 19.2 Å². The minimum atomic E-state index is -0.472. The molecule has 0 saturated carbocycles. The summed E-state index contributed by atoms with van der Waals surface area (Å²) in [6.07, 6.45) is 5.48. The van der Waals surface area contributed by atoms with Crippen molar-refractivity contribution in [3.05, 3.63) is 51.3 Å². The number of nitro groups is 1. The summed E-state index contributed by atoms with van der Waals surface area (Å²) in [6.45, 7) is 6.34. The first kappa shape index (κ1) is 19.5. The number of benzene rings is 1. The maximum Gasteiger partial charge on any atom is 0.297 e. The molecule has 0 aliphatic rings. The zero-order valence-corrected chi connectivity index (χ0v) is 15.2. The number of unbranched alkanes of at least 4 members (excludes halogenated alkanes) is 3. The van der Waals surface area contributed by atoms with Gasteiger partial charge in [-0.15, -0.1) is 0 Å². The van der Waals surface area contributed by atoms with E-state index in [0.29, 0.717) is 17.4 Å². The van der Waals surface area contributed by atoms with Crippen LogP contribution in [0.5, 0.6) is 11.5 Å². The third-order valence-electron chi connectivity index (χ3n) is 4.16. The molecule has 0 radical (unpaired) electrons. The van der Waals surface area contributed by atoms with E-state index < -0.39 is 4.92 Å². The molecule has 0 atom stereocenters. The van der Waals surface area contributed by atoms with Crippen LogP contribution >= 0.6 is 0 Å². The average molecular weight is 360 g/mol. The molecule has 7 heteroatoms. The van der Waals surface area contributed by atoms with E-state index in [-0.39, 0.29) is 29.4 Å². The van der Waals surface area contributed by atoms with E-state index in [9.17, 15) is 14.9 Å². The largest absolute Gasteiger partial charge is 0.492 e. The minimum absolute atomic E-state index is 0.0685. The van der Waals surface area contributed by atoms with E-state index in [0.717, 1.165) is 25.7 Å². The summed E-state index contributed by atoms with van der Waals surface area (Å²) >= 11 is 0. The fourth-order valence-corrected chi connectivity index (χ4v) is 2.89. The number of hydrogen-bond donors (Lipinski definition) is 0. The molecule has 0 N–H and O–H groups in total. The van der Waals surface area contributed by atoms with Gasteiger partial charge < -0.3 is 14.0 Å². The van der Waals surface area contributed by atoms with Gasteiger partial charge in [-0.1, -0.05) is 38.8 Å². The van der Waals surface area contributed by atoms with Crippen LogP contribution in [-0.4, -0.2) is 23.2 Å². The normalized spacial score (nSPS) is 10.7. The number of ether oxygens (including phenoxy) is 2. The number of hydrogen-bond acceptors (Lipinski definition) is 5. The highest BCUT2D eigenvalue weighted by molar-refractivity contribution is 5.89. The van der Waals surface area contributed by atoms with Crippen LogP contribution in [0.1, 0.15) is 32.6 Å². The lowest BCUT2D eigenvalue weighted by Crippen LogP contribution is -2.24. The highest BCUT2D eigenvalue weighted by Crippen LogP contribution is 2.34. The Morgan fingerprint density at radius 1 is 1.27 bits per heavy atom. The van der Waals surface area contributed by atoms with Crippen LogP contribution in [0, 0.1) is 10.1 Å². The van der Waals surface area contributed by atoms with Crippen molar-refractivity contribution in [3.8, 4) is 11.5 Å². The lowest BCUT2D eigenvalue weighted by molar-refractivity contribution is -0.384. The number of aromatic nitrogens is 1. The zero-order chi connectivity index (χ0) is 19.1. The van der Waals surface area contributed by atoms with E-state index in [4.69, 9.17) is 9.47 Å². The third-order valence-corrected chi connectivity index (χ3v) is 4.16. The molecule has 0 saturated heterocycles. The Kier molecular flexibility index (Phi) is 6.77. The summed E-state index contributed by atoms with van der Waals surface area (Å²) in [4.78, 5) is 23.6. The number of rotatable bonds is 10. The maximum atomic E-state index is 13.0. The van der Waals surface area contributed by atoms with Gasteiger partial charge in [-0.3, -0.25) is 14.9 Å². The predicted molar refractivity (Wildman–Crippen MR) is 101 cm³/mol. The summed E-state index contributed by atoms with van der Waals surface area (Å²) in [7, 11) is 1.45. The lowest BCUT2D eigenvalue weighted by Gasteiger charge is -2.17. The topological polar surface area (TPSA) is 83.6 Å². The third kappa shape index (κ3) is 4.04. The monoisotopic (exact) mass is 360 g/mol. The van der Waals surface area contributed by atoms with Crippen molar-refractivity contribution in [2.24, 2.45) is 0 Å². The quantitative estimate of drug-likeness (QED) is 0.276. The SMILES string of the molecule is C=CCOc1c(OC)c2ccc([N+](=O)[O-])cc2n(CCCCCC)c1=O. The molecule has 2 aromatic rings. The van der Waals surface area contributed by atoms with Gasteiger partial charge in [0, 0.05) is 24.1 Å². The van der Waals surface area contributed by atoms with Gasteiger partial charge in [-0.2, -0.15) is 0 Å². The van der Waals surface area contributed by atoms with Gasteiger partial charge in [0.15, 0.2) is 5.75 Å². The second-order valence-electron chi connectivity index (χ2n) is 5.94. The fraction of sp³-hybridized carbons (Fsp3) is 0.421. The predicted octanol–water partition coefficient (Wildman–Crippen LogP) is 4.06. The van der Waals surface area contributed by atoms with Gasteiger partial charge in [0.2, 0.25) is 5.75 Å². The number of non-ortho nitro benzene ring substituents is 1. The second-order valence-corrected chi connectivity index (χ2v) is 5.94. The molecule has 1 aromatic heterocycles. The van der Waals surface area contributed by atoms with Crippen molar-refractivity contribution in [2.45, 2.75) is 39.2 Å². The summed E-state index contributed by atoms with van der Waals surface area (Å²) in [6, 6.07) is 4.40. The van der Waals surface area contributed by atoms with Crippen LogP contribution in [0.15, 0.2) is 35.6 Å². The lowest BCUT2D eigenvalue weighted by atomic mass is 10.1. The van der Waals surface area contributed by atoms with Gasteiger partial charge in [0.25, 0.3) is 11.2 Å². The van der Waals surface area contributed by atoms with Crippen molar-refractivity contribution in [1.29, 1.82) is 0 Å². The standard InChI is InChI=1S/C19H24N2O5/c1-4-6-7-8-11-20-16-13-14(21(23)24)9-10-15(16)17(25-3)18(19(20)22)26-12-5-2/h5,9-10,13H,2,4,6-8,11-12H2,1,3H3. The molecule has 2 rings (SSSR count). The van der Waals surface area contributed by atoms with Gasteiger partial charge in [0.05, 0.1) is 17.5 Å². The summed E-state index contributed by atoms with van der Waals surface area (Å²) in [5.74, 6) is 0.385. The van der Waals surface area contributed by atoms with Crippen LogP contribution in [-0.2, 0) is 6.54 Å². The van der Waals surface area contributed by atoms with Gasteiger partial charge in [0.1, 0.15) is 6.61 Å². The van der Waals surface area contributed by atoms with Crippen LogP contribution < -0.4 is 15.0 Å². The molecular weight excluding hydrogens is 336 g/mol. The van der Waals surface area contributed by atoms with Crippen molar-refractivity contribution < 1.29 is 14.4 Å². The summed E-state index contributed by atoms with van der Waals surface area (Å²) in [5, 5.41) is 11.8. The molecule has 0 bridgehead atoms. The first-order valence-corrected chi connectivity index (χ1v) is 8.67. The summed E-state index contributed by atoms with van der Waals surface area (Å²) in [5.41, 5.74) is 0.0534. The zero-order valence-electron chi connectivity index (χ0n) is 15.2. The molecule has 26 heavy (non-hydrogen) atoms. The molecule has 1 heterocycles. The molecule has 0 amide bonds. The molecule has 0 aliphatic heterocycles. The Morgan fingerprint density at radius 3 is 2.65 bits per heavy atom. The number of aryl methyl sites for hydroxylation is 1. The van der Waals surface area contributed by atoms with E-state index in [1.807, 2.05) is 0 Å². The van der Waals surface area contributed by atoms with E-state index >= 15 is 0 Å². The van der Waals surface area contributed by atoms with Gasteiger partial charge in [-0.25, -0.2) is 0 Å². The Balaban J connectivity index is 2.66. The summed E-state index contributed by atoms with van der Waals surface area (Å²) < 4.78 is 12.5. The molecule has 0 spiro atoms. The van der Waals surface area contributed by atoms with Crippen LogP contribution in [0.3, 0.4) is 0 Å². The molecule has 140 valence electrons.